The standard InChI is InChI=1S/C16H21F3N2O/c1-10(2)13(21-7-3-4-8-21)9-20-16(22)11-5-6-12(17)15(19)14(11)18/h5-6,10,13H,3-4,7-9H2,1-2H3,(H,20,22). The first kappa shape index (κ1) is 16.8. The number of nitrogens with one attached hydrogen (secondary N) is 1. The molecule has 1 unspecified atom stereocenters. The molecule has 0 bridgehead atoms. The summed E-state index contributed by atoms with van der Waals surface area (Å²) in [7, 11) is 0. The number of nitrogens with zero attached hydrogens (tertiary/aromatic N) is 1. The van der Waals surface area contributed by atoms with E-state index in [0.717, 1.165) is 38.1 Å². The monoisotopic (exact) mass is 314 g/mol. The molecule has 22 heavy (non-hydrogen) atoms. The summed E-state index contributed by atoms with van der Waals surface area (Å²) in [6.45, 7) is 6.45. The van der Waals surface area contributed by atoms with Crippen LogP contribution in [0, 0.1) is 23.4 Å². The van der Waals surface area contributed by atoms with Crippen molar-refractivity contribution in [2.24, 2.45) is 5.92 Å². The number of rotatable bonds is 5. The SMILES string of the molecule is CC(C)C(CNC(=O)c1ccc(F)c(F)c1F)N1CCCC1. The Morgan fingerprint density at radius 1 is 1.18 bits per heavy atom. The Labute approximate surface area is 128 Å². The minimum Gasteiger partial charge on any atom is -0.350 e. The van der Waals surface area contributed by atoms with Gasteiger partial charge in [-0.3, -0.25) is 9.69 Å². The van der Waals surface area contributed by atoms with Gasteiger partial charge in [0, 0.05) is 12.6 Å². The first-order valence-corrected chi connectivity index (χ1v) is 7.57. The summed E-state index contributed by atoms with van der Waals surface area (Å²) >= 11 is 0. The topological polar surface area (TPSA) is 32.3 Å². The van der Waals surface area contributed by atoms with Crippen molar-refractivity contribution in [3.63, 3.8) is 0 Å². The van der Waals surface area contributed by atoms with Crippen LogP contribution in [0.15, 0.2) is 12.1 Å². The van der Waals surface area contributed by atoms with Crippen molar-refractivity contribution in [3.8, 4) is 0 Å². The van der Waals surface area contributed by atoms with E-state index < -0.39 is 28.9 Å². The Morgan fingerprint density at radius 3 is 2.41 bits per heavy atom. The first-order valence-electron chi connectivity index (χ1n) is 7.57. The molecule has 1 aliphatic heterocycles. The highest BCUT2D eigenvalue weighted by atomic mass is 19.2. The van der Waals surface area contributed by atoms with Gasteiger partial charge in [0.1, 0.15) is 0 Å². The second-order valence-electron chi connectivity index (χ2n) is 5.99. The van der Waals surface area contributed by atoms with Gasteiger partial charge in [0.05, 0.1) is 5.56 Å². The van der Waals surface area contributed by atoms with E-state index >= 15 is 0 Å². The van der Waals surface area contributed by atoms with E-state index in [1.165, 1.54) is 0 Å². The molecule has 0 aromatic heterocycles. The van der Waals surface area contributed by atoms with Crippen LogP contribution in [0.4, 0.5) is 13.2 Å². The average molecular weight is 314 g/mol. The van der Waals surface area contributed by atoms with E-state index in [1.54, 1.807) is 0 Å². The third kappa shape index (κ3) is 3.61. The number of carbonyl (C=O) groups is 1. The first-order chi connectivity index (χ1) is 10.4. The summed E-state index contributed by atoms with van der Waals surface area (Å²) in [6.07, 6.45) is 2.27. The Balaban J connectivity index is 2.03. The summed E-state index contributed by atoms with van der Waals surface area (Å²) in [5.74, 6) is -4.76. The Hall–Kier alpha value is -1.56. The molecule has 0 radical (unpaired) electrons. The number of hydrogen-bond donors (Lipinski definition) is 1. The quantitative estimate of drug-likeness (QED) is 0.848. The zero-order chi connectivity index (χ0) is 16.3. The maximum absolute atomic E-state index is 13.6. The third-order valence-electron chi connectivity index (χ3n) is 4.13. The van der Waals surface area contributed by atoms with Crippen LogP contribution in [0.1, 0.15) is 37.0 Å². The number of hydrogen-bond acceptors (Lipinski definition) is 2. The molecule has 1 heterocycles. The van der Waals surface area contributed by atoms with E-state index in [-0.39, 0.29) is 6.04 Å². The predicted octanol–water partition coefficient (Wildman–Crippen LogP) is 2.95. The van der Waals surface area contributed by atoms with Crippen LogP contribution >= 0.6 is 0 Å². The molecule has 1 aromatic rings. The summed E-state index contributed by atoms with van der Waals surface area (Å²) in [6, 6.07) is 1.87. The van der Waals surface area contributed by atoms with E-state index in [0.29, 0.717) is 12.5 Å². The summed E-state index contributed by atoms with van der Waals surface area (Å²) < 4.78 is 39.7. The fraction of sp³-hybridized carbons (Fsp3) is 0.562. The van der Waals surface area contributed by atoms with Crippen LogP contribution in [0.5, 0.6) is 0 Å². The van der Waals surface area contributed by atoms with E-state index in [4.69, 9.17) is 0 Å². The van der Waals surface area contributed by atoms with Crippen molar-refractivity contribution in [2.45, 2.75) is 32.7 Å². The lowest BCUT2D eigenvalue weighted by Crippen LogP contribution is -2.45. The Bertz CT molecular complexity index is 542. The highest BCUT2D eigenvalue weighted by Gasteiger charge is 2.26. The van der Waals surface area contributed by atoms with E-state index in [1.807, 2.05) is 0 Å². The number of amides is 1. The largest absolute Gasteiger partial charge is 0.350 e. The fourth-order valence-corrected chi connectivity index (χ4v) is 2.85. The van der Waals surface area contributed by atoms with Gasteiger partial charge in [0.2, 0.25) is 0 Å². The second kappa shape index (κ2) is 7.13. The normalized spacial score (nSPS) is 17.0. The molecule has 1 fully saturated rings. The Morgan fingerprint density at radius 2 is 1.82 bits per heavy atom. The van der Waals surface area contributed by atoms with Gasteiger partial charge >= 0.3 is 0 Å². The average Bonchev–Trinajstić information content (AvgIpc) is 2.98. The summed E-state index contributed by atoms with van der Waals surface area (Å²) in [5, 5.41) is 2.64. The molecule has 1 atom stereocenters. The molecule has 122 valence electrons. The highest BCUT2D eigenvalue weighted by Crippen LogP contribution is 2.18. The molecular formula is C16H21F3N2O. The molecule has 1 saturated heterocycles. The highest BCUT2D eigenvalue weighted by molar-refractivity contribution is 5.94. The number of likely N-dealkylation sites (tertiary alicyclic amines) is 1. The molecule has 1 amide bonds. The molecule has 0 saturated carbocycles. The van der Waals surface area contributed by atoms with Crippen LogP contribution in [0.25, 0.3) is 0 Å². The van der Waals surface area contributed by atoms with Gasteiger partial charge < -0.3 is 5.32 Å². The number of benzene rings is 1. The Kier molecular flexibility index (Phi) is 5.45. The zero-order valence-corrected chi connectivity index (χ0v) is 12.8. The lowest BCUT2D eigenvalue weighted by molar-refractivity contribution is 0.0922. The molecule has 0 aliphatic carbocycles. The predicted molar refractivity (Wildman–Crippen MR) is 78.1 cm³/mol. The molecule has 3 nitrogen and oxygen atoms in total. The van der Waals surface area contributed by atoms with E-state index in [2.05, 4.69) is 24.1 Å². The maximum Gasteiger partial charge on any atom is 0.254 e. The fourth-order valence-electron chi connectivity index (χ4n) is 2.85. The molecule has 1 aliphatic rings. The van der Waals surface area contributed by atoms with Crippen molar-refractivity contribution >= 4 is 5.91 Å². The van der Waals surface area contributed by atoms with Crippen molar-refractivity contribution in [2.75, 3.05) is 19.6 Å². The lowest BCUT2D eigenvalue weighted by atomic mass is 10.0. The molecule has 1 N–H and O–H groups in total. The minimum atomic E-state index is -1.62. The molecule has 0 spiro atoms. The van der Waals surface area contributed by atoms with Crippen molar-refractivity contribution in [1.82, 2.24) is 10.2 Å². The van der Waals surface area contributed by atoms with Crippen molar-refractivity contribution in [1.29, 1.82) is 0 Å². The minimum absolute atomic E-state index is 0.153. The van der Waals surface area contributed by atoms with Crippen LogP contribution < -0.4 is 5.32 Å². The lowest BCUT2D eigenvalue weighted by Gasteiger charge is -2.31. The third-order valence-corrected chi connectivity index (χ3v) is 4.13. The van der Waals surface area contributed by atoms with Crippen LogP contribution in [-0.4, -0.2) is 36.5 Å². The summed E-state index contributed by atoms with van der Waals surface area (Å²) in [5.41, 5.74) is -0.470. The van der Waals surface area contributed by atoms with Crippen LogP contribution in [-0.2, 0) is 0 Å². The molecule has 2 rings (SSSR count). The second-order valence-corrected chi connectivity index (χ2v) is 5.99. The van der Waals surface area contributed by atoms with Gasteiger partial charge in [-0.05, 0) is 44.0 Å². The zero-order valence-electron chi connectivity index (χ0n) is 12.8. The van der Waals surface area contributed by atoms with Gasteiger partial charge in [-0.15, -0.1) is 0 Å². The van der Waals surface area contributed by atoms with Gasteiger partial charge in [0.25, 0.3) is 5.91 Å². The number of carbonyl (C=O) groups excluding carboxylic acids is 1. The van der Waals surface area contributed by atoms with Gasteiger partial charge in [-0.2, -0.15) is 0 Å². The number of halogens is 3. The molecule has 6 heteroatoms. The molecule has 1 aromatic carbocycles. The summed E-state index contributed by atoms with van der Waals surface area (Å²) in [4.78, 5) is 14.3. The molecular weight excluding hydrogens is 293 g/mol. The van der Waals surface area contributed by atoms with E-state index in [9.17, 15) is 18.0 Å². The van der Waals surface area contributed by atoms with Crippen molar-refractivity contribution in [3.05, 3.63) is 35.1 Å². The van der Waals surface area contributed by atoms with Gasteiger partial charge in [0.15, 0.2) is 17.5 Å². The van der Waals surface area contributed by atoms with Gasteiger partial charge in [-0.1, -0.05) is 13.8 Å². The van der Waals surface area contributed by atoms with Crippen molar-refractivity contribution < 1.29 is 18.0 Å². The smallest absolute Gasteiger partial charge is 0.254 e. The van der Waals surface area contributed by atoms with Crippen LogP contribution in [0.2, 0.25) is 0 Å². The van der Waals surface area contributed by atoms with Gasteiger partial charge in [-0.25, -0.2) is 13.2 Å². The maximum atomic E-state index is 13.6. The van der Waals surface area contributed by atoms with Crippen LogP contribution in [0.3, 0.4) is 0 Å².